The number of carbonyl (C=O) groups excluding carboxylic acids is 1. The predicted octanol–water partition coefficient (Wildman–Crippen LogP) is 2.32. The number of carbonyl (C=O) groups is 1. The van der Waals surface area contributed by atoms with Gasteiger partial charge in [-0.3, -0.25) is 14.9 Å². The van der Waals surface area contributed by atoms with E-state index in [1.54, 1.807) is 4.90 Å². The average Bonchev–Trinajstić information content (AvgIpc) is 2.38. The Hall–Kier alpha value is -2.11. The van der Waals surface area contributed by atoms with E-state index in [2.05, 4.69) is 0 Å². The molecule has 1 aliphatic rings. The molecule has 0 aromatic heterocycles. The van der Waals surface area contributed by atoms with E-state index in [-0.39, 0.29) is 17.5 Å². The summed E-state index contributed by atoms with van der Waals surface area (Å²) in [5.41, 5.74) is -0.432. The van der Waals surface area contributed by atoms with Crippen molar-refractivity contribution in [1.82, 2.24) is 4.90 Å². The Kier molecular flexibility index (Phi) is 3.69. The Morgan fingerprint density at radius 3 is 2.84 bits per heavy atom. The molecule has 6 heteroatoms. The molecule has 19 heavy (non-hydrogen) atoms. The molecule has 0 bridgehead atoms. The first kappa shape index (κ1) is 13.3. The van der Waals surface area contributed by atoms with Gasteiger partial charge in [0.25, 0.3) is 5.91 Å². The van der Waals surface area contributed by atoms with Crippen LogP contribution in [-0.2, 0) is 0 Å². The highest BCUT2D eigenvalue weighted by molar-refractivity contribution is 5.98. The SMILES string of the molecule is CC1CCCCN1C(=O)c1cccc([N+](=O)[O-])c1O. The van der Waals surface area contributed by atoms with Crippen molar-refractivity contribution < 1.29 is 14.8 Å². The van der Waals surface area contributed by atoms with Crippen molar-refractivity contribution in [2.45, 2.75) is 32.2 Å². The second-order valence-electron chi connectivity index (χ2n) is 4.77. The van der Waals surface area contributed by atoms with Crippen LogP contribution in [-0.4, -0.2) is 33.4 Å². The third kappa shape index (κ3) is 2.52. The summed E-state index contributed by atoms with van der Waals surface area (Å²) in [6, 6.07) is 4.12. The summed E-state index contributed by atoms with van der Waals surface area (Å²) in [6.45, 7) is 2.58. The van der Waals surface area contributed by atoms with E-state index in [1.165, 1.54) is 18.2 Å². The molecule has 0 radical (unpaired) electrons. The second kappa shape index (κ2) is 5.26. The van der Waals surface area contributed by atoms with Crippen LogP contribution >= 0.6 is 0 Å². The zero-order valence-electron chi connectivity index (χ0n) is 10.7. The number of hydrogen-bond donors (Lipinski definition) is 1. The summed E-state index contributed by atoms with van der Waals surface area (Å²) in [4.78, 5) is 24.1. The van der Waals surface area contributed by atoms with Crippen molar-refractivity contribution in [2.24, 2.45) is 0 Å². The van der Waals surface area contributed by atoms with Crippen LogP contribution in [0.3, 0.4) is 0 Å². The zero-order chi connectivity index (χ0) is 14.0. The molecule has 1 amide bonds. The smallest absolute Gasteiger partial charge is 0.311 e. The van der Waals surface area contributed by atoms with E-state index >= 15 is 0 Å². The number of para-hydroxylation sites is 1. The zero-order valence-corrected chi connectivity index (χ0v) is 10.7. The number of phenols is 1. The summed E-state index contributed by atoms with van der Waals surface area (Å²) in [5, 5.41) is 20.6. The molecule has 0 aliphatic carbocycles. The van der Waals surface area contributed by atoms with Crippen LogP contribution in [0.25, 0.3) is 0 Å². The Labute approximate surface area is 110 Å². The van der Waals surface area contributed by atoms with Gasteiger partial charge in [-0.15, -0.1) is 0 Å². The lowest BCUT2D eigenvalue weighted by molar-refractivity contribution is -0.385. The Morgan fingerprint density at radius 2 is 2.21 bits per heavy atom. The van der Waals surface area contributed by atoms with Crippen molar-refractivity contribution in [1.29, 1.82) is 0 Å². The first-order valence-electron chi connectivity index (χ1n) is 6.29. The number of hydrogen-bond acceptors (Lipinski definition) is 4. The van der Waals surface area contributed by atoms with Gasteiger partial charge in [0.05, 0.1) is 10.5 Å². The minimum Gasteiger partial charge on any atom is -0.502 e. The molecule has 1 fully saturated rings. The Bertz CT molecular complexity index is 515. The molecular formula is C13H16N2O4. The van der Waals surface area contributed by atoms with Crippen LogP contribution in [0.1, 0.15) is 36.5 Å². The molecule has 1 aromatic carbocycles. The average molecular weight is 264 g/mol. The van der Waals surface area contributed by atoms with Gasteiger partial charge < -0.3 is 10.0 Å². The van der Waals surface area contributed by atoms with Crippen molar-refractivity contribution >= 4 is 11.6 Å². The number of likely N-dealkylation sites (tertiary alicyclic amines) is 1. The normalized spacial score (nSPS) is 19.2. The van der Waals surface area contributed by atoms with Gasteiger partial charge in [-0.1, -0.05) is 6.07 Å². The van der Waals surface area contributed by atoms with Crippen LogP contribution in [0.15, 0.2) is 18.2 Å². The van der Waals surface area contributed by atoms with Crippen molar-refractivity contribution in [3.8, 4) is 5.75 Å². The molecule has 6 nitrogen and oxygen atoms in total. The number of rotatable bonds is 2. The molecule has 0 spiro atoms. The molecule has 2 rings (SSSR count). The highest BCUT2D eigenvalue weighted by Gasteiger charge is 2.28. The fourth-order valence-corrected chi connectivity index (χ4v) is 2.41. The lowest BCUT2D eigenvalue weighted by Crippen LogP contribution is -2.42. The maximum Gasteiger partial charge on any atom is 0.311 e. The Balaban J connectivity index is 2.33. The third-order valence-electron chi connectivity index (χ3n) is 3.51. The first-order valence-corrected chi connectivity index (χ1v) is 6.29. The number of nitrogens with zero attached hydrogens (tertiary/aromatic N) is 2. The molecule has 1 aromatic rings. The number of phenolic OH excluding ortho intramolecular Hbond substituents is 1. The third-order valence-corrected chi connectivity index (χ3v) is 3.51. The van der Waals surface area contributed by atoms with E-state index in [0.717, 1.165) is 19.3 Å². The summed E-state index contributed by atoms with van der Waals surface area (Å²) < 4.78 is 0. The Morgan fingerprint density at radius 1 is 1.47 bits per heavy atom. The van der Waals surface area contributed by atoms with Gasteiger partial charge in [0.2, 0.25) is 5.75 Å². The summed E-state index contributed by atoms with van der Waals surface area (Å²) in [6.07, 6.45) is 2.92. The highest BCUT2D eigenvalue weighted by Crippen LogP contribution is 2.31. The van der Waals surface area contributed by atoms with E-state index < -0.39 is 16.4 Å². The number of nitro groups is 1. The van der Waals surface area contributed by atoms with Crippen LogP contribution in [0, 0.1) is 10.1 Å². The molecule has 1 heterocycles. The standard InChI is InChI=1S/C13H16N2O4/c1-9-5-2-3-8-14(9)13(17)10-6-4-7-11(12(10)16)15(18)19/h4,6-7,9,16H,2-3,5,8H2,1H3. The van der Waals surface area contributed by atoms with Gasteiger partial charge in [-0.25, -0.2) is 0 Å². The summed E-state index contributed by atoms with van der Waals surface area (Å²) in [7, 11) is 0. The molecule has 1 unspecified atom stereocenters. The van der Waals surface area contributed by atoms with E-state index in [1.807, 2.05) is 6.92 Å². The number of piperidine rings is 1. The van der Waals surface area contributed by atoms with Crippen LogP contribution in [0.5, 0.6) is 5.75 Å². The van der Waals surface area contributed by atoms with Crippen molar-refractivity contribution in [2.75, 3.05) is 6.54 Å². The maximum absolute atomic E-state index is 12.3. The van der Waals surface area contributed by atoms with Crippen molar-refractivity contribution in [3.63, 3.8) is 0 Å². The molecule has 1 aliphatic heterocycles. The van der Waals surface area contributed by atoms with Gasteiger partial charge in [-0.05, 0) is 32.3 Å². The summed E-state index contributed by atoms with van der Waals surface area (Å²) >= 11 is 0. The molecule has 1 saturated heterocycles. The maximum atomic E-state index is 12.3. The van der Waals surface area contributed by atoms with E-state index in [0.29, 0.717) is 6.54 Å². The second-order valence-corrected chi connectivity index (χ2v) is 4.77. The van der Waals surface area contributed by atoms with Crippen LogP contribution < -0.4 is 0 Å². The van der Waals surface area contributed by atoms with Gasteiger partial charge in [0, 0.05) is 18.7 Å². The van der Waals surface area contributed by atoms with Gasteiger partial charge in [0.15, 0.2) is 0 Å². The highest BCUT2D eigenvalue weighted by atomic mass is 16.6. The van der Waals surface area contributed by atoms with Gasteiger partial charge in [-0.2, -0.15) is 0 Å². The largest absolute Gasteiger partial charge is 0.502 e. The van der Waals surface area contributed by atoms with E-state index in [4.69, 9.17) is 0 Å². The topological polar surface area (TPSA) is 83.7 Å². The fraction of sp³-hybridized carbons (Fsp3) is 0.462. The molecule has 102 valence electrons. The van der Waals surface area contributed by atoms with E-state index in [9.17, 15) is 20.0 Å². The summed E-state index contributed by atoms with van der Waals surface area (Å²) in [5.74, 6) is -0.885. The number of amides is 1. The van der Waals surface area contributed by atoms with Gasteiger partial charge in [0.1, 0.15) is 0 Å². The molecule has 1 atom stereocenters. The lowest BCUT2D eigenvalue weighted by atomic mass is 10.0. The monoisotopic (exact) mass is 264 g/mol. The lowest BCUT2D eigenvalue weighted by Gasteiger charge is -2.33. The minimum atomic E-state index is -0.689. The minimum absolute atomic E-state index is 0.00273. The van der Waals surface area contributed by atoms with Gasteiger partial charge >= 0.3 is 5.69 Å². The quantitative estimate of drug-likeness (QED) is 0.656. The number of aromatic hydroxyl groups is 1. The fourth-order valence-electron chi connectivity index (χ4n) is 2.41. The van der Waals surface area contributed by atoms with Crippen LogP contribution in [0.2, 0.25) is 0 Å². The molecular weight excluding hydrogens is 248 g/mol. The predicted molar refractivity (Wildman–Crippen MR) is 69.1 cm³/mol. The molecule has 0 saturated carbocycles. The number of nitro benzene ring substituents is 1. The van der Waals surface area contributed by atoms with Crippen LogP contribution in [0.4, 0.5) is 5.69 Å². The number of benzene rings is 1. The molecule has 1 N–H and O–H groups in total. The first-order chi connectivity index (χ1) is 9.02. The van der Waals surface area contributed by atoms with Crippen molar-refractivity contribution in [3.05, 3.63) is 33.9 Å².